The maximum atomic E-state index is 12.0. The number of hydrogen-bond donors (Lipinski definition) is 1. The van der Waals surface area contributed by atoms with Crippen molar-refractivity contribution in [3.8, 4) is 5.75 Å². The fourth-order valence-electron chi connectivity index (χ4n) is 2.84. The van der Waals surface area contributed by atoms with E-state index in [1.807, 2.05) is 19.1 Å². The summed E-state index contributed by atoms with van der Waals surface area (Å²) in [5.74, 6) is 1.22. The van der Waals surface area contributed by atoms with Crippen molar-refractivity contribution in [2.75, 3.05) is 6.61 Å². The number of rotatable bonds is 5. The molecule has 1 aromatic rings. The Kier molecular flexibility index (Phi) is 5.92. The lowest BCUT2D eigenvalue weighted by molar-refractivity contribution is -0.124. The molecule has 1 aromatic carbocycles. The minimum absolute atomic E-state index is 0.0400. The van der Waals surface area contributed by atoms with Gasteiger partial charge >= 0.3 is 0 Å². The van der Waals surface area contributed by atoms with Crippen LogP contribution in [0.1, 0.15) is 45.1 Å². The van der Waals surface area contributed by atoms with E-state index < -0.39 is 0 Å². The van der Waals surface area contributed by atoms with Crippen LogP contribution in [0.5, 0.6) is 5.75 Å². The minimum atomic E-state index is -0.0400. The number of carbonyl (C=O) groups is 1. The normalized spacial score (nSPS) is 21.9. The Hall–Kier alpha value is -1.22. The fraction of sp³-hybridized carbons (Fsp3) is 0.588. The van der Waals surface area contributed by atoms with Crippen molar-refractivity contribution in [1.29, 1.82) is 0 Å². The summed E-state index contributed by atoms with van der Waals surface area (Å²) in [4.78, 5) is 12.0. The van der Waals surface area contributed by atoms with Crippen LogP contribution in [0.4, 0.5) is 0 Å². The average molecular weight is 310 g/mol. The van der Waals surface area contributed by atoms with Gasteiger partial charge in [0.15, 0.2) is 6.61 Å². The van der Waals surface area contributed by atoms with Crippen LogP contribution in [0.25, 0.3) is 0 Å². The molecular weight excluding hydrogens is 286 g/mol. The Balaban J connectivity index is 1.83. The topological polar surface area (TPSA) is 38.3 Å². The van der Waals surface area contributed by atoms with Crippen molar-refractivity contribution in [1.82, 2.24) is 5.32 Å². The molecule has 21 heavy (non-hydrogen) atoms. The van der Waals surface area contributed by atoms with E-state index in [-0.39, 0.29) is 12.5 Å². The van der Waals surface area contributed by atoms with Crippen LogP contribution < -0.4 is 10.1 Å². The summed E-state index contributed by atoms with van der Waals surface area (Å²) in [6.07, 6.45) is 5.60. The van der Waals surface area contributed by atoms with Crippen molar-refractivity contribution < 1.29 is 9.53 Å². The monoisotopic (exact) mass is 309 g/mol. The van der Waals surface area contributed by atoms with Crippen molar-refractivity contribution in [2.24, 2.45) is 5.92 Å². The summed E-state index contributed by atoms with van der Waals surface area (Å²) >= 11 is 6.07. The van der Waals surface area contributed by atoms with Gasteiger partial charge < -0.3 is 10.1 Å². The largest absolute Gasteiger partial charge is 0.484 e. The molecule has 1 aliphatic carbocycles. The zero-order valence-electron chi connectivity index (χ0n) is 12.8. The van der Waals surface area contributed by atoms with Crippen LogP contribution in [0.15, 0.2) is 18.2 Å². The summed E-state index contributed by atoms with van der Waals surface area (Å²) < 4.78 is 5.57. The molecule has 0 spiro atoms. The highest BCUT2D eigenvalue weighted by Gasteiger charge is 2.22. The van der Waals surface area contributed by atoms with E-state index in [9.17, 15) is 4.79 Å². The number of carbonyl (C=O) groups excluding carboxylic acids is 1. The zero-order chi connectivity index (χ0) is 15.2. The first kappa shape index (κ1) is 16.2. The number of nitrogens with one attached hydrogen (secondary N) is 1. The molecule has 4 heteroatoms. The SMILES string of the molecule is CCc1cc(OCC(=O)N[C@@H]2CCCC[C@H]2C)ccc1Cl. The van der Waals surface area contributed by atoms with Gasteiger partial charge in [-0.15, -0.1) is 0 Å². The van der Waals surface area contributed by atoms with Crippen molar-refractivity contribution >= 4 is 17.5 Å². The van der Waals surface area contributed by atoms with E-state index in [2.05, 4.69) is 12.2 Å². The zero-order valence-corrected chi connectivity index (χ0v) is 13.6. The molecule has 116 valence electrons. The van der Waals surface area contributed by atoms with Crippen molar-refractivity contribution in [3.05, 3.63) is 28.8 Å². The van der Waals surface area contributed by atoms with Gasteiger partial charge in [-0.25, -0.2) is 0 Å². The first-order chi connectivity index (χ1) is 10.1. The predicted octanol–water partition coefficient (Wildman–Crippen LogP) is 3.98. The molecule has 1 fully saturated rings. The van der Waals surface area contributed by atoms with Gasteiger partial charge in [0.25, 0.3) is 5.91 Å². The molecule has 0 radical (unpaired) electrons. The molecule has 0 unspecified atom stereocenters. The first-order valence-corrected chi connectivity index (χ1v) is 8.18. The van der Waals surface area contributed by atoms with Crippen molar-refractivity contribution in [3.63, 3.8) is 0 Å². The van der Waals surface area contributed by atoms with Gasteiger partial charge in [0.05, 0.1) is 0 Å². The molecule has 3 nitrogen and oxygen atoms in total. The Morgan fingerprint density at radius 3 is 2.86 bits per heavy atom. The highest BCUT2D eigenvalue weighted by atomic mass is 35.5. The van der Waals surface area contributed by atoms with E-state index >= 15 is 0 Å². The third-order valence-electron chi connectivity index (χ3n) is 4.23. The third kappa shape index (κ3) is 4.63. The van der Waals surface area contributed by atoms with Crippen LogP contribution >= 0.6 is 11.6 Å². The van der Waals surface area contributed by atoms with E-state index in [1.165, 1.54) is 19.3 Å². The molecule has 2 atom stereocenters. The highest BCUT2D eigenvalue weighted by Crippen LogP contribution is 2.24. The Labute approximate surface area is 132 Å². The molecule has 1 saturated carbocycles. The van der Waals surface area contributed by atoms with Gasteiger partial charge in [-0.05, 0) is 48.9 Å². The molecule has 0 bridgehead atoms. The lowest BCUT2D eigenvalue weighted by Gasteiger charge is -2.29. The average Bonchev–Trinajstić information content (AvgIpc) is 2.49. The van der Waals surface area contributed by atoms with Crippen LogP contribution in [-0.4, -0.2) is 18.6 Å². The Morgan fingerprint density at radius 1 is 1.38 bits per heavy atom. The minimum Gasteiger partial charge on any atom is -0.484 e. The third-order valence-corrected chi connectivity index (χ3v) is 4.59. The van der Waals surface area contributed by atoms with Crippen LogP contribution in [0.3, 0.4) is 0 Å². The smallest absolute Gasteiger partial charge is 0.258 e. The molecule has 0 aromatic heterocycles. The number of halogens is 1. The summed E-state index contributed by atoms with van der Waals surface area (Å²) in [6.45, 7) is 4.31. The van der Waals surface area contributed by atoms with Crippen LogP contribution in [-0.2, 0) is 11.2 Å². The molecule has 0 aliphatic heterocycles. The number of hydrogen-bond acceptors (Lipinski definition) is 2. The van der Waals surface area contributed by atoms with E-state index in [0.717, 1.165) is 23.4 Å². The van der Waals surface area contributed by atoms with Gasteiger partial charge in [-0.2, -0.15) is 0 Å². The molecule has 0 heterocycles. The molecule has 0 saturated heterocycles. The van der Waals surface area contributed by atoms with Crippen LogP contribution in [0, 0.1) is 5.92 Å². The second-order valence-corrected chi connectivity index (χ2v) is 6.24. The van der Waals surface area contributed by atoms with Gasteiger partial charge in [-0.3, -0.25) is 4.79 Å². The highest BCUT2D eigenvalue weighted by molar-refractivity contribution is 6.31. The molecule has 2 rings (SSSR count). The summed E-state index contributed by atoms with van der Waals surface area (Å²) in [7, 11) is 0. The van der Waals surface area contributed by atoms with Gasteiger partial charge in [0, 0.05) is 11.1 Å². The Morgan fingerprint density at radius 2 is 2.14 bits per heavy atom. The van der Waals surface area contributed by atoms with E-state index in [1.54, 1.807) is 6.07 Å². The first-order valence-electron chi connectivity index (χ1n) is 7.80. The molecule has 1 N–H and O–H groups in total. The van der Waals surface area contributed by atoms with Crippen molar-refractivity contribution in [2.45, 2.75) is 52.0 Å². The second kappa shape index (κ2) is 7.69. The van der Waals surface area contributed by atoms with Gasteiger partial charge in [0.1, 0.15) is 5.75 Å². The van der Waals surface area contributed by atoms with Crippen LogP contribution in [0.2, 0.25) is 5.02 Å². The summed E-state index contributed by atoms with van der Waals surface area (Å²) in [6, 6.07) is 5.82. The number of ether oxygens (including phenoxy) is 1. The number of aryl methyl sites for hydroxylation is 1. The quantitative estimate of drug-likeness (QED) is 0.893. The summed E-state index contributed by atoms with van der Waals surface area (Å²) in [5.41, 5.74) is 1.04. The lowest BCUT2D eigenvalue weighted by atomic mass is 9.86. The lowest BCUT2D eigenvalue weighted by Crippen LogP contribution is -2.43. The summed E-state index contributed by atoms with van der Waals surface area (Å²) in [5, 5.41) is 3.83. The number of benzene rings is 1. The van der Waals surface area contributed by atoms with E-state index in [4.69, 9.17) is 16.3 Å². The Bertz CT molecular complexity index is 490. The maximum Gasteiger partial charge on any atom is 0.258 e. The van der Waals surface area contributed by atoms with E-state index in [0.29, 0.717) is 17.7 Å². The molecular formula is C17H24ClNO2. The fourth-order valence-corrected chi connectivity index (χ4v) is 3.09. The standard InChI is InChI=1S/C17H24ClNO2/c1-3-13-10-14(8-9-15(13)18)21-11-17(20)19-16-7-5-4-6-12(16)2/h8-10,12,16H,3-7,11H2,1-2H3,(H,19,20)/t12-,16-/m1/s1. The molecule has 1 aliphatic rings. The maximum absolute atomic E-state index is 12.0. The molecule has 1 amide bonds. The van der Waals surface area contributed by atoms with Gasteiger partial charge in [-0.1, -0.05) is 38.3 Å². The second-order valence-electron chi connectivity index (χ2n) is 5.83. The predicted molar refractivity (Wildman–Crippen MR) is 85.9 cm³/mol. The van der Waals surface area contributed by atoms with Gasteiger partial charge in [0.2, 0.25) is 0 Å². The number of amides is 1.